The van der Waals surface area contributed by atoms with Crippen molar-refractivity contribution < 1.29 is 9.53 Å². The van der Waals surface area contributed by atoms with E-state index >= 15 is 0 Å². The summed E-state index contributed by atoms with van der Waals surface area (Å²) in [5.41, 5.74) is 8.87. The van der Waals surface area contributed by atoms with Crippen LogP contribution in [0.3, 0.4) is 0 Å². The maximum atomic E-state index is 12.9. The van der Waals surface area contributed by atoms with Crippen LogP contribution in [-0.4, -0.2) is 18.6 Å². The lowest BCUT2D eigenvalue weighted by Gasteiger charge is -2.27. The van der Waals surface area contributed by atoms with Crippen molar-refractivity contribution >= 4 is 11.6 Å². The highest BCUT2D eigenvalue weighted by atomic mass is 16.5. The zero-order valence-corrected chi connectivity index (χ0v) is 16.6. The van der Waals surface area contributed by atoms with Gasteiger partial charge in [0.2, 0.25) is 5.91 Å². The zero-order chi connectivity index (χ0) is 19.9. The maximum Gasteiger partial charge on any atom is 0.228 e. The van der Waals surface area contributed by atoms with Crippen molar-refractivity contribution in [3.63, 3.8) is 0 Å². The van der Waals surface area contributed by atoms with Crippen molar-refractivity contribution in [3.05, 3.63) is 89.8 Å². The number of carbonyl (C=O) groups is 1. The van der Waals surface area contributed by atoms with Crippen molar-refractivity contribution in [2.75, 3.05) is 11.5 Å². The Hall–Kier alpha value is -2.83. The fourth-order valence-electron chi connectivity index (χ4n) is 3.59. The molecule has 1 heterocycles. The molecule has 2 aromatic rings. The third kappa shape index (κ3) is 4.71. The minimum absolute atomic E-state index is 0.0280. The quantitative estimate of drug-likeness (QED) is 0.621. The van der Waals surface area contributed by atoms with Crippen molar-refractivity contribution in [1.82, 2.24) is 0 Å². The molecule has 1 fully saturated rings. The zero-order valence-electron chi connectivity index (χ0n) is 16.6. The van der Waals surface area contributed by atoms with Gasteiger partial charge in [0.15, 0.2) is 0 Å². The molecule has 28 heavy (non-hydrogen) atoms. The van der Waals surface area contributed by atoms with Crippen LogP contribution in [0.5, 0.6) is 0 Å². The number of carbonyl (C=O) groups excluding carboxylic acids is 1. The van der Waals surface area contributed by atoms with E-state index in [2.05, 4.69) is 44.0 Å². The molecular weight excluding hydrogens is 346 g/mol. The molecule has 0 spiro atoms. The van der Waals surface area contributed by atoms with Crippen LogP contribution >= 0.6 is 0 Å². The van der Waals surface area contributed by atoms with Gasteiger partial charge in [-0.3, -0.25) is 4.79 Å². The Morgan fingerprint density at radius 2 is 2.00 bits per heavy atom. The monoisotopic (exact) mass is 373 g/mol. The summed E-state index contributed by atoms with van der Waals surface area (Å²) in [5.74, 6) is 0.548. The van der Waals surface area contributed by atoms with Gasteiger partial charge >= 0.3 is 0 Å². The van der Waals surface area contributed by atoms with Crippen LogP contribution < -0.4 is 4.90 Å². The van der Waals surface area contributed by atoms with Crippen LogP contribution in [0.1, 0.15) is 37.3 Å². The van der Waals surface area contributed by atoms with Gasteiger partial charge in [0, 0.05) is 18.0 Å². The predicted molar refractivity (Wildman–Crippen MR) is 113 cm³/mol. The first-order chi connectivity index (χ1) is 13.6. The van der Waals surface area contributed by atoms with Gasteiger partial charge in [-0.05, 0) is 41.8 Å². The minimum atomic E-state index is -0.0699. The van der Waals surface area contributed by atoms with Crippen LogP contribution in [0.2, 0.25) is 0 Å². The first kappa shape index (κ1) is 19.9. The summed E-state index contributed by atoms with van der Waals surface area (Å²) in [6.07, 6.45) is 2.34. The summed E-state index contributed by atoms with van der Waals surface area (Å²) < 4.78 is 6.01. The van der Waals surface area contributed by atoms with Crippen LogP contribution in [0.25, 0.3) is 0 Å². The Kier molecular flexibility index (Phi) is 6.68. The van der Waals surface area contributed by atoms with Crippen molar-refractivity contribution in [1.29, 1.82) is 0 Å². The second-order valence-corrected chi connectivity index (χ2v) is 7.44. The highest BCUT2D eigenvalue weighted by Gasteiger charge is 2.39. The summed E-state index contributed by atoms with van der Waals surface area (Å²) in [5, 5.41) is 0. The van der Waals surface area contributed by atoms with E-state index in [0.717, 1.165) is 11.3 Å². The summed E-state index contributed by atoms with van der Waals surface area (Å²) in [4.78, 5) is 14.8. The number of benzene rings is 2. The third-order valence-electron chi connectivity index (χ3n) is 5.12. The topological polar surface area (TPSA) is 29.5 Å². The smallest absolute Gasteiger partial charge is 0.228 e. The van der Waals surface area contributed by atoms with Gasteiger partial charge in [-0.25, -0.2) is 0 Å². The molecule has 0 saturated carbocycles. The predicted octanol–water partition coefficient (Wildman–Crippen LogP) is 5.24. The van der Waals surface area contributed by atoms with Crippen LogP contribution in [0, 0.1) is 5.92 Å². The standard InChI is InChI=1S/C25H27NO2/c1-4-5-12-22-16-25(27)26(23-14-9-13-21(15-23)19(2)3)24(22)18-28-17-20-10-7-6-8-11-20/h6-15,19,22,24H,1,16-18H2,2-3H3. The van der Waals surface area contributed by atoms with Gasteiger partial charge in [0.25, 0.3) is 0 Å². The van der Waals surface area contributed by atoms with Gasteiger partial charge in [-0.1, -0.05) is 67.8 Å². The van der Waals surface area contributed by atoms with Gasteiger partial charge in [0.1, 0.15) is 0 Å². The average Bonchev–Trinajstić information content (AvgIpc) is 3.02. The Labute approximate surface area is 167 Å². The number of ether oxygens (including phenoxy) is 1. The van der Waals surface area contributed by atoms with E-state index in [4.69, 9.17) is 4.74 Å². The molecule has 3 rings (SSSR count). The number of amides is 1. The number of hydrogen-bond donors (Lipinski definition) is 0. The van der Waals surface area contributed by atoms with E-state index in [-0.39, 0.29) is 17.9 Å². The molecule has 0 aliphatic carbocycles. The molecule has 1 aliphatic heterocycles. The fourth-order valence-corrected chi connectivity index (χ4v) is 3.59. The first-order valence-electron chi connectivity index (χ1n) is 9.74. The maximum absolute atomic E-state index is 12.9. The normalized spacial score (nSPS) is 18.8. The Morgan fingerprint density at radius 1 is 1.21 bits per heavy atom. The molecule has 2 aromatic carbocycles. The molecule has 1 saturated heterocycles. The van der Waals surface area contributed by atoms with E-state index in [1.165, 1.54) is 5.56 Å². The van der Waals surface area contributed by atoms with Gasteiger partial charge in [0.05, 0.1) is 19.3 Å². The van der Waals surface area contributed by atoms with Crippen molar-refractivity contribution in [2.45, 2.75) is 38.8 Å². The lowest BCUT2D eigenvalue weighted by Crippen LogP contribution is -2.38. The second-order valence-electron chi connectivity index (χ2n) is 7.44. The Bertz CT molecular complexity index is 890. The summed E-state index contributed by atoms with van der Waals surface area (Å²) >= 11 is 0. The lowest BCUT2D eigenvalue weighted by molar-refractivity contribution is -0.117. The molecule has 0 aromatic heterocycles. The molecule has 3 nitrogen and oxygen atoms in total. The summed E-state index contributed by atoms with van der Waals surface area (Å²) in [6, 6.07) is 18.3. The summed E-state index contributed by atoms with van der Waals surface area (Å²) in [6.45, 7) is 8.89. The van der Waals surface area contributed by atoms with E-state index < -0.39 is 0 Å². The Morgan fingerprint density at radius 3 is 2.71 bits per heavy atom. The van der Waals surface area contributed by atoms with Gasteiger partial charge in [-0.2, -0.15) is 0 Å². The van der Waals surface area contributed by atoms with Crippen molar-refractivity contribution in [3.8, 4) is 0 Å². The van der Waals surface area contributed by atoms with E-state index in [1.54, 1.807) is 0 Å². The van der Waals surface area contributed by atoms with E-state index in [1.807, 2.05) is 53.4 Å². The molecule has 0 bridgehead atoms. The molecule has 1 amide bonds. The van der Waals surface area contributed by atoms with Crippen molar-refractivity contribution in [2.24, 2.45) is 5.92 Å². The largest absolute Gasteiger partial charge is 0.375 e. The molecule has 2 unspecified atom stereocenters. The molecule has 0 N–H and O–H groups in total. The van der Waals surface area contributed by atoms with E-state index in [0.29, 0.717) is 25.6 Å². The van der Waals surface area contributed by atoms with Gasteiger partial charge in [-0.15, -0.1) is 0 Å². The number of anilines is 1. The molecule has 2 atom stereocenters. The third-order valence-corrected chi connectivity index (χ3v) is 5.12. The molecule has 3 heteroatoms. The minimum Gasteiger partial charge on any atom is -0.375 e. The Balaban J connectivity index is 1.83. The fraction of sp³-hybridized carbons (Fsp3) is 0.320. The highest BCUT2D eigenvalue weighted by molar-refractivity contribution is 5.97. The van der Waals surface area contributed by atoms with Crippen LogP contribution in [0.4, 0.5) is 5.69 Å². The molecule has 0 radical (unpaired) electrons. The SMILES string of the molecule is C=C=C=CC1CC(=O)N(c2cccc(C(C)C)c2)C1COCc1ccccc1. The molecular formula is C25H27NO2. The average molecular weight is 373 g/mol. The number of hydrogen-bond acceptors (Lipinski definition) is 2. The van der Waals surface area contributed by atoms with Gasteiger partial charge < -0.3 is 9.64 Å². The van der Waals surface area contributed by atoms with Crippen LogP contribution in [-0.2, 0) is 16.1 Å². The highest BCUT2D eigenvalue weighted by Crippen LogP contribution is 2.33. The number of rotatable bonds is 7. The molecule has 1 aliphatic rings. The van der Waals surface area contributed by atoms with E-state index in [9.17, 15) is 4.79 Å². The second kappa shape index (κ2) is 9.39. The molecule has 144 valence electrons. The van der Waals surface area contributed by atoms with Crippen LogP contribution in [0.15, 0.2) is 78.7 Å². The lowest BCUT2D eigenvalue weighted by atomic mass is 9.99. The first-order valence-corrected chi connectivity index (χ1v) is 9.74. The summed E-state index contributed by atoms with van der Waals surface area (Å²) in [7, 11) is 0. The number of nitrogens with zero attached hydrogens (tertiary/aromatic N) is 1.